The lowest BCUT2D eigenvalue weighted by Gasteiger charge is -2.13. The van der Waals surface area contributed by atoms with Gasteiger partial charge in [-0.3, -0.25) is 14.3 Å². The summed E-state index contributed by atoms with van der Waals surface area (Å²) in [5.41, 5.74) is 5.52. The van der Waals surface area contributed by atoms with Crippen LogP contribution in [0, 0.1) is 0 Å². The summed E-state index contributed by atoms with van der Waals surface area (Å²) in [4.78, 5) is 38.5. The van der Waals surface area contributed by atoms with Crippen molar-refractivity contribution in [3.05, 3.63) is 28.6 Å². The maximum absolute atomic E-state index is 12.2. The zero-order chi connectivity index (χ0) is 21.8. The third-order valence-corrected chi connectivity index (χ3v) is 5.44. The zero-order valence-electron chi connectivity index (χ0n) is 15.6. The number of ether oxygens (including phenoxy) is 1. The number of hydrogen-bond donors (Lipinski definition) is 5. The summed E-state index contributed by atoms with van der Waals surface area (Å²) in [6, 6.07) is 0. The third kappa shape index (κ3) is 3.74. The molecule has 0 spiro atoms. The Kier molecular flexibility index (Phi) is 4.96. The van der Waals surface area contributed by atoms with Crippen LogP contribution in [0.3, 0.4) is 0 Å². The number of nitrogens with two attached hydrogens (primary N) is 1. The van der Waals surface area contributed by atoms with E-state index in [-0.39, 0.29) is 29.4 Å². The van der Waals surface area contributed by atoms with E-state index in [1.54, 1.807) is 7.05 Å². The topological polar surface area (TPSA) is 221 Å². The quantitative estimate of drug-likeness (QED) is 0.190. The Morgan fingerprint density at radius 1 is 1.43 bits per heavy atom. The number of nitrogens with zero attached hydrogens (tertiary/aromatic N) is 6. The monoisotopic (exact) mass is 442 g/mol. The number of aromatic amines is 1. The number of anilines is 1. The predicted molar refractivity (Wildman–Crippen MR) is 95.4 cm³/mol. The average Bonchev–Trinajstić information content (AvgIpc) is 3.26. The van der Waals surface area contributed by atoms with E-state index in [1.807, 2.05) is 0 Å². The number of nitrogen functional groups attached to an aromatic ring is 1. The Morgan fingerprint density at radius 3 is 2.87 bits per heavy atom. The highest BCUT2D eigenvalue weighted by molar-refractivity contribution is 7.49. The van der Waals surface area contributed by atoms with Gasteiger partial charge in [-0.25, -0.2) is 9.25 Å². The van der Waals surface area contributed by atoms with Gasteiger partial charge in [0, 0.05) is 6.20 Å². The minimum atomic E-state index is -4.55. The molecule has 3 aromatic rings. The van der Waals surface area contributed by atoms with Gasteiger partial charge in [0.1, 0.15) is 25.9 Å². The summed E-state index contributed by atoms with van der Waals surface area (Å²) in [7, 11) is -2.94. The van der Waals surface area contributed by atoms with E-state index in [4.69, 9.17) is 15.4 Å². The standard InChI is InChI=1S/C14H19N8O7P/c1-20-5-22(11-8(20)12(25)17-14(15)16-11)13-10(24)9(23)7(29-13)3-21-2-6(18-19-21)4-30(26,27)28/h2,5,7,9-10,13,23-24H,3-4H2,1H3,(H4-,15,16,17,25,26,27,28)/t7-,9-,10-,13-/m1/s1. The first-order valence-corrected chi connectivity index (χ1v) is 10.5. The van der Waals surface area contributed by atoms with Crippen LogP contribution in [0.5, 0.6) is 0 Å². The minimum absolute atomic E-state index is 0.0164. The van der Waals surface area contributed by atoms with Crippen LogP contribution in [-0.4, -0.2) is 62.9 Å². The van der Waals surface area contributed by atoms with Crippen LogP contribution >= 0.6 is 7.60 Å². The largest absolute Gasteiger partial charge is 0.778 e. The molecule has 0 aliphatic carbocycles. The van der Waals surface area contributed by atoms with E-state index < -0.39 is 43.9 Å². The van der Waals surface area contributed by atoms with E-state index in [9.17, 15) is 24.5 Å². The SMILES string of the molecule is Cn1c[n+]([C@@H]2O[C@H](Cn3cc(CP(=O)([O-])O)nn3)[C@@H](O)[C@H]2O)c2nc(N)[nH]c(=O)c21. The van der Waals surface area contributed by atoms with Crippen molar-refractivity contribution in [2.75, 3.05) is 5.73 Å². The smallest absolute Gasteiger partial charge is 0.313 e. The molecular formula is C14H19N8O7P. The Labute approximate surface area is 167 Å². The van der Waals surface area contributed by atoms with Gasteiger partial charge in [0.15, 0.2) is 6.33 Å². The summed E-state index contributed by atoms with van der Waals surface area (Å²) < 4.78 is 20.9. The van der Waals surface area contributed by atoms with Crippen molar-refractivity contribution in [2.24, 2.45) is 7.05 Å². The highest BCUT2D eigenvalue weighted by Crippen LogP contribution is 2.33. The van der Waals surface area contributed by atoms with Crippen molar-refractivity contribution in [2.45, 2.75) is 37.2 Å². The fourth-order valence-corrected chi connectivity index (χ4v) is 4.01. The van der Waals surface area contributed by atoms with Crippen molar-refractivity contribution in [3.8, 4) is 0 Å². The van der Waals surface area contributed by atoms with Crippen LogP contribution in [0.1, 0.15) is 11.9 Å². The van der Waals surface area contributed by atoms with Gasteiger partial charge >= 0.3 is 5.65 Å². The molecule has 0 aromatic carbocycles. The third-order valence-electron chi connectivity index (χ3n) is 4.72. The van der Waals surface area contributed by atoms with Crippen molar-refractivity contribution in [1.82, 2.24) is 29.5 Å². The molecule has 0 amide bonds. The molecule has 30 heavy (non-hydrogen) atoms. The van der Waals surface area contributed by atoms with Gasteiger partial charge in [0.05, 0.1) is 25.4 Å². The molecule has 4 heterocycles. The molecule has 5 atom stereocenters. The molecule has 4 rings (SSSR count). The molecule has 162 valence electrons. The van der Waals surface area contributed by atoms with E-state index in [1.165, 1.54) is 26.3 Å². The molecule has 0 bridgehead atoms. The average molecular weight is 442 g/mol. The van der Waals surface area contributed by atoms with Gasteiger partial charge in [0.25, 0.3) is 11.5 Å². The maximum Gasteiger partial charge on any atom is 0.313 e. The predicted octanol–water partition coefficient (Wildman–Crippen LogP) is -3.91. The lowest BCUT2D eigenvalue weighted by Crippen LogP contribution is -2.46. The zero-order valence-corrected chi connectivity index (χ0v) is 16.5. The Hall–Kier alpha value is -2.68. The number of nitrogens with one attached hydrogen (secondary N) is 1. The second-order valence-electron chi connectivity index (χ2n) is 7.03. The molecule has 3 aromatic heterocycles. The fourth-order valence-electron chi connectivity index (χ4n) is 3.45. The van der Waals surface area contributed by atoms with E-state index in [0.29, 0.717) is 0 Å². The van der Waals surface area contributed by atoms with E-state index in [2.05, 4.69) is 20.3 Å². The number of fused-ring (bicyclic) bond motifs is 1. The van der Waals surface area contributed by atoms with Crippen LogP contribution in [0.15, 0.2) is 17.3 Å². The number of H-pyrrole nitrogens is 1. The lowest BCUT2D eigenvalue weighted by molar-refractivity contribution is -0.745. The molecule has 0 saturated carbocycles. The van der Waals surface area contributed by atoms with Crippen LogP contribution in [0.25, 0.3) is 11.2 Å². The van der Waals surface area contributed by atoms with Crippen molar-refractivity contribution >= 4 is 24.7 Å². The minimum Gasteiger partial charge on any atom is -0.778 e. The highest BCUT2D eigenvalue weighted by atomic mass is 31.2. The van der Waals surface area contributed by atoms with Crippen LogP contribution in [-0.2, 0) is 29.1 Å². The molecule has 15 nitrogen and oxygen atoms in total. The summed E-state index contributed by atoms with van der Waals surface area (Å²) in [5.74, 6) is -0.119. The fraction of sp³-hybridized carbons (Fsp3) is 0.500. The van der Waals surface area contributed by atoms with Crippen molar-refractivity contribution in [1.29, 1.82) is 0 Å². The molecule has 1 saturated heterocycles. The van der Waals surface area contributed by atoms with Crippen LogP contribution < -0.4 is 20.8 Å². The first-order chi connectivity index (χ1) is 14.0. The molecule has 16 heteroatoms. The first kappa shape index (κ1) is 20.6. The number of aryl methyl sites for hydroxylation is 1. The van der Waals surface area contributed by atoms with Gasteiger partial charge in [-0.15, -0.1) is 5.10 Å². The molecule has 1 fully saturated rings. The second-order valence-corrected chi connectivity index (χ2v) is 8.62. The van der Waals surface area contributed by atoms with Gasteiger partial charge < -0.3 is 35.0 Å². The van der Waals surface area contributed by atoms with E-state index >= 15 is 0 Å². The molecule has 0 radical (unpaired) electrons. The maximum atomic E-state index is 12.2. The molecule has 1 unspecified atom stereocenters. The van der Waals surface area contributed by atoms with Crippen molar-refractivity contribution in [3.63, 3.8) is 0 Å². The summed E-state index contributed by atoms with van der Waals surface area (Å²) in [6.45, 7) is -0.0577. The molecular weight excluding hydrogens is 423 g/mol. The van der Waals surface area contributed by atoms with E-state index in [0.717, 1.165) is 0 Å². The van der Waals surface area contributed by atoms with Crippen molar-refractivity contribution < 1.29 is 33.9 Å². The van der Waals surface area contributed by atoms with Crippen LogP contribution in [0.4, 0.5) is 5.95 Å². The molecule has 1 aliphatic heterocycles. The first-order valence-electron chi connectivity index (χ1n) is 8.73. The summed E-state index contributed by atoms with van der Waals surface area (Å²) >= 11 is 0. The lowest BCUT2D eigenvalue weighted by atomic mass is 10.1. The highest BCUT2D eigenvalue weighted by Gasteiger charge is 2.47. The number of aliphatic hydroxyl groups excluding tert-OH is 2. The Morgan fingerprint density at radius 2 is 2.17 bits per heavy atom. The Balaban J connectivity index is 1.59. The van der Waals surface area contributed by atoms with Crippen LogP contribution in [0.2, 0.25) is 0 Å². The normalized spacial score (nSPS) is 26.3. The molecule has 1 aliphatic rings. The second kappa shape index (κ2) is 7.23. The number of aliphatic hydroxyl groups is 2. The van der Waals surface area contributed by atoms with Gasteiger partial charge in [-0.1, -0.05) is 10.2 Å². The number of imidazole rings is 1. The number of aromatic nitrogens is 7. The Bertz CT molecular complexity index is 1200. The van der Waals surface area contributed by atoms with Gasteiger partial charge in [-0.2, -0.15) is 0 Å². The summed E-state index contributed by atoms with van der Waals surface area (Å²) in [5, 5.41) is 28.3. The number of rotatable bonds is 5. The molecule has 6 N–H and O–H groups in total. The van der Waals surface area contributed by atoms with Gasteiger partial charge in [0.2, 0.25) is 11.7 Å². The van der Waals surface area contributed by atoms with Gasteiger partial charge in [-0.05, 0) is 0 Å². The summed E-state index contributed by atoms with van der Waals surface area (Å²) in [6.07, 6.45) is -2.62. The number of hydrogen-bond acceptors (Lipinski definition) is 10.